The van der Waals surface area contributed by atoms with Crippen LogP contribution in [-0.4, -0.2) is 22.9 Å². The van der Waals surface area contributed by atoms with Crippen LogP contribution in [0.5, 0.6) is 5.75 Å². The molecule has 1 aromatic heterocycles. The van der Waals surface area contributed by atoms with E-state index in [-0.39, 0.29) is 17.6 Å². The van der Waals surface area contributed by atoms with Crippen LogP contribution < -0.4 is 9.64 Å². The molecule has 1 aliphatic rings. The number of anilines is 1. The summed E-state index contributed by atoms with van der Waals surface area (Å²) < 4.78 is 11.0. The zero-order valence-electron chi connectivity index (χ0n) is 14.8. The fourth-order valence-electron chi connectivity index (χ4n) is 3.05. The van der Waals surface area contributed by atoms with Crippen molar-refractivity contribution in [2.24, 2.45) is 0 Å². The molecule has 3 aromatic rings. The Morgan fingerprint density at radius 1 is 0.964 bits per heavy atom. The Morgan fingerprint density at radius 2 is 1.57 bits per heavy atom. The Kier molecular flexibility index (Phi) is 4.19. The van der Waals surface area contributed by atoms with E-state index in [1.807, 2.05) is 0 Å². The molecule has 0 saturated carbocycles. The van der Waals surface area contributed by atoms with Gasteiger partial charge in [0.1, 0.15) is 11.5 Å². The summed E-state index contributed by atoms with van der Waals surface area (Å²) in [6.45, 7) is 1.72. The number of nitrogens with zero attached hydrogens (tertiary/aromatic N) is 1. The highest BCUT2D eigenvalue weighted by Gasteiger charge is 2.36. The minimum Gasteiger partial charge on any atom is -0.483 e. The molecule has 7 heteroatoms. The maximum Gasteiger partial charge on any atom is 0.371 e. The predicted molar refractivity (Wildman–Crippen MR) is 98.7 cm³/mol. The molecule has 0 radical (unpaired) electrons. The van der Waals surface area contributed by atoms with E-state index < -0.39 is 12.1 Å². The molecule has 2 aromatic carbocycles. The first kappa shape index (κ1) is 17.5. The third-order valence-corrected chi connectivity index (χ3v) is 4.44. The van der Waals surface area contributed by atoms with Crippen molar-refractivity contribution in [1.82, 2.24) is 0 Å². The lowest BCUT2D eigenvalue weighted by atomic mass is 10.1. The molecule has 1 atom stereocenters. The summed E-state index contributed by atoms with van der Waals surface area (Å²) in [6.07, 6.45) is -0.516. The van der Waals surface area contributed by atoms with Crippen molar-refractivity contribution in [3.05, 3.63) is 83.3 Å². The molecule has 2 heterocycles. The number of hydrogen-bond acceptors (Lipinski definition) is 5. The Labute approximate surface area is 159 Å². The number of imide groups is 1. The van der Waals surface area contributed by atoms with Crippen molar-refractivity contribution < 1.29 is 28.6 Å². The van der Waals surface area contributed by atoms with Crippen LogP contribution in [0.2, 0.25) is 0 Å². The van der Waals surface area contributed by atoms with Crippen LogP contribution in [0.3, 0.4) is 0 Å². The number of fused-ring (bicyclic) bond motifs is 1. The van der Waals surface area contributed by atoms with E-state index in [0.717, 1.165) is 4.90 Å². The molecule has 7 nitrogen and oxygen atoms in total. The Morgan fingerprint density at radius 3 is 2.11 bits per heavy atom. The van der Waals surface area contributed by atoms with Crippen molar-refractivity contribution in [1.29, 1.82) is 0 Å². The number of benzene rings is 2. The highest BCUT2D eigenvalue weighted by Crippen LogP contribution is 2.30. The Bertz CT molecular complexity index is 1050. The summed E-state index contributed by atoms with van der Waals surface area (Å²) >= 11 is 0. The summed E-state index contributed by atoms with van der Waals surface area (Å²) in [5.41, 5.74) is 1.21. The van der Waals surface area contributed by atoms with Crippen molar-refractivity contribution in [2.45, 2.75) is 13.0 Å². The number of carboxylic acid groups (broad SMARTS) is 1. The van der Waals surface area contributed by atoms with Crippen LogP contribution in [0.4, 0.5) is 5.69 Å². The first-order valence-corrected chi connectivity index (χ1v) is 8.53. The second-order valence-electron chi connectivity index (χ2n) is 6.25. The number of carbonyl (C=O) groups is 3. The van der Waals surface area contributed by atoms with Gasteiger partial charge in [-0.05, 0) is 55.5 Å². The number of carboxylic acids is 1. The molecule has 0 fully saturated rings. The van der Waals surface area contributed by atoms with Gasteiger partial charge in [-0.15, -0.1) is 0 Å². The quantitative estimate of drug-likeness (QED) is 0.677. The van der Waals surface area contributed by atoms with Crippen molar-refractivity contribution in [3.63, 3.8) is 0 Å². The van der Waals surface area contributed by atoms with Crippen LogP contribution in [-0.2, 0) is 0 Å². The monoisotopic (exact) mass is 377 g/mol. The molecule has 0 saturated heterocycles. The van der Waals surface area contributed by atoms with E-state index in [0.29, 0.717) is 28.3 Å². The van der Waals surface area contributed by atoms with Gasteiger partial charge in [0.2, 0.25) is 5.76 Å². The van der Waals surface area contributed by atoms with Crippen LogP contribution in [0.25, 0.3) is 0 Å². The van der Waals surface area contributed by atoms with E-state index >= 15 is 0 Å². The molecular weight excluding hydrogens is 362 g/mol. The molecule has 4 rings (SSSR count). The molecular formula is C21H15NO6. The fourth-order valence-corrected chi connectivity index (χ4v) is 3.05. The molecule has 28 heavy (non-hydrogen) atoms. The molecule has 0 bridgehead atoms. The van der Waals surface area contributed by atoms with E-state index in [1.54, 1.807) is 61.5 Å². The maximum absolute atomic E-state index is 12.5. The van der Waals surface area contributed by atoms with Crippen LogP contribution in [0.1, 0.15) is 50.1 Å². The highest BCUT2D eigenvalue weighted by atomic mass is 16.5. The number of furan rings is 1. The van der Waals surface area contributed by atoms with Crippen LogP contribution >= 0.6 is 0 Å². The number of hydrogen-bond donors (Lipinski definition) is 1. The first-order chi connectivity index (χ1) is 13.5. The molecule has 1 aliphatic heterocycles. The summed E-state index contributed by atoms with van der Waals surface area (Å²) in [6, 6.07) is 16.1. The highest BCUT2D eigenvalue weighted by molar-refractivity contribution is 6.34. The average Bonchev–Trinajstić information content (AvgIpc) is 3.28. The van der Waals surface area contributed by atoms with Crippen LogP contribution in [0, 0.1) is 0 Å². The summed E-state index contributed by atoms with van der Waals surface area (Å²) in [4.78, 5) is 37.1. The minimum atomic E-state index is -1.15. The second-order valence-corrected chi connectivity index (χ2v) is 6.25. The number of rotatable bonds is 5. The van der Waals surface area contributed by atoms with Gasteiger partial charge >= 0.3 is 5.97 Å². The van der Waals surface area contributed by atoms with E-state index in [4.69, 9.17) is 14.3 Å². The number of amides is 2. The Hall–Kier alpha value is -3.87. The molecule has 2 amide bonds. The van der Waals surface area contributed by atoms with Gasteiger partial charge in [-0.1, -0.05) is 12.1 Å². The van der Waals surface area contributed by atoms with Gasteiger partial charge in [-0.2, -0.15) is 0 Å². The normalized spacial score (nSPS) is 14.1. The third kappa shape index (κ3) is 2.92. The Balaban J connectivity index is 1.51. The standard InChI is InChI=1S/C21H15NO6/c1-12(17-10-11-18(28-17)21(25)26)27-14-8-6-13(7-9-14)22-19(23)15-4-2-3-5-16(15)20(22)24/h2-12H,1H3,(H,25,26). The summed E-state index contributed by atoms with van der Waals surface area (Å²) in [5, 5.41) is 8.92. The fraction of sp³-hybridized carbons (Fsp3) is 0.0952. The van der Waals surface area contributed by atoms with Gasteiger partial charge in [-0.25, -0.2) is 9.69 Å². The topological polar surface area (TPSA) is 97.0 Å². The predicted octanol–water partition coefficient (Wildman–Crippen LogP) is 3.92. The van der Waals surface area contributed by atoms with Gasteiger partial charge in [-0.3, -0.25) is 9.59 Å². The number of carbonyl (C=O) groups excluding carboxylic acids is 2. The van der Waals surface area contributed by atoms with Crippen molar-refractivity contribution in [2.75, 3.05) is 4.90 Å². The lowest BCUT2D eigenvalue weighted by Gasteiger charge is -2.16. The largest absolute Gasteiger partial charge is 0.483 e. The molecule has 0 aliphatic carbocycles. The van der Waals surface area contributed by atoms with E-state index in [2.05, 4.69) is 0 Å². The first-order valence-electron chi connectivity index (χ1n) is 8.53. The van der Waals surface area contributed by atoms with Gasteiger partial charge in [0.15, 0.2) is 6.10 Å². The number of aromatic carboxylic acids is 1. The summed E-state index contributed by atoms with van der Waals surface area (Å²) in [5.74, 6) is -1.17. The van der Waals surface area contributed by atoms with E-state index in [1.165, 1.54) is 6.07 Å². The average molecular weight is 377 g/mol. The third-order valence-electron chi connectivity index (χ3n) is 4.44. The molecule has 140 valence electrons. The lowest BCUT2D eigenvalue weighted by Crippen LogP contribution is -2.29. The van der Waals surface area contributed by atoms with Gasteiger partial charge < -0.3 is 14.3 Å². The van der Waals surface area contributed by atoms with Crippen molar-refractivity contribution in [3.8, 4) is 5.75 Å². The zero-order valence-corrected chi connectivity index (χ0v) is 14.8. The smallest absolute Gasteiger partial charge is 0.371 e. The second kappa shape index (κ2) is 6.70. The minimum absolute atomic E-state index is 0.161. The van der Waals surface area contributed by atoms with Crippen LogP contribution in [0.15, 0.2) is 65.1 Å². The molecule has 0 spiro atoms. The van der Waals surface area contributed by atoms with Gasteiger partial charge in [0.05, 0.1) is 16.8 Å². The lowest BCUT2D eigenvalue weighted by molar-refractivity contribution is 0.0654. The van der Waals surface area contributed by atoms with Crippen molar-refractivity contribution >= 4 is 23.5 Å². The zero-order chi connectivity index (χ0) is 19.8. The molecule has 1 unspecified atom stereocenters. The summed E-state index contributed by atoms with van der Waals surface area (Å²) in [7, 11) is 0. The SMILES string of the molecule is CC(Oc1ccc(N2C(=O)c3ccccc3C2=O)cc1)c1ccc(C(=O)O)o1. The molecule has 1 N–H and O–H groups in total. The van der Waals surface area contributed by atoms with Gasteiger partial charge in [0, 0.05) is 0 Å². The number of ether oxygens (including phenoxy) is 1. The van der Waals surface area contributed by atoms with Gasteiger partial charge in [0.25, 0.3) is 11.8 Å². The maximum atomic E-state index is 12.5. The van der Waals surface area contributed by atoms with E-state index in [9.17, 15) is 14.4 Å².